The van der Waals surface area contributed by atoms with Gasteiger partial charge in [0.15, 0.2) is 5.13 Å². The third kappa shape index (κ3) is 4.16. The predicted octanol–water partition coefficient (Wildman–Crippen LogP) is 2.75. The standard InChI is InChI=1S/C12H23N3S2/c1-9(6-7-16-5)15(4)12-14-10(2)11(17-12)8-13-3/h9,13H,6-8H2,1-5H3. The SMILES string of the molecule is CNCc1sc(N(C)C(C)CCSC)nc1C. The van der Waals surface area contributed by atoms with Crippen molar-refractivity contribution < 1.29 is 0 Å². The number of anilines is 1. The first-order valence-corrected chi connectivity index (χ1v) is 8.13. The summed E-state index contributed by atoms with van der Waals surface area (Å²) in [5.41, 5.74) is 1.16. The third-order valence-electron chi connectivity index (χ3n) is 2.92. The zero-order chi connectivity index (χ0) is 12.8. The van der Waals surface area contributed by atoms with Crippen LogP contribution in [0.25, 0.3) is 0 Å². The largest absolute Gasteiger partial charge is 0.348 e. The van der Waals surface area contributed by atoms with Gasteiger partial charge in [-0.3, -0.25) is 0 Å². The molecule has 98 valence electrons. The summed E-state index contributed by atoms with van der Waals surface area (Å²) in [5, 5.41) is 4.33. The smallest absolute Gasteiger partial charge is 0.185 e. The highest BCUT2D eigenvalue weighted by Crippen LogP contribution is 2.27. The molecule has 1 atom stereocenters. The number of nitrogens with one attached hydrogen (secondary N) is 1. The molecule has 0 aliphatic rings. The summed E-state index contributed by atoms with van der Waals surface area (Å²) < 4.78 is 0. The highest BCUT2D eigenvalue weighted by molar-refractivity contribution is 7.98. The third-order valence-corrected chi connectivity index (χ3v) is 4.81. The van der Waals surface area contributed by atoms with E-state index in [0.29, 0.717) is 6.04 Å². The molecule has 0 saturated carbocycles. The number of rotatable bonds is 7. The lowest BCUT2D eigenvalue weighted by Crippen LogP contribution is -2.29. The first-order chi connectivity index (χ1) is 8.10. The second-order valence-corrected chi connectivity index (χ2v) is 6.32. The van der Waals surface area contributed by atoms with Crippen molar-refractivity contribution in [1.29, 1.82) is 0 Å². The minimum absolute atomic E-state index is 0.551. The fourth-order valence-electron chi connectivity index (χ4n) is 1.56. The summed E-state index contributed by atoms with van der Waals surface area (Å²) in [6.07, 6.45) is 3.36. The van der Waals surface area contributed by atoms with Crippen LogP contribution in [0.2, 0.25) is 0 Å². The van der Waals surface area contributed by atoms with Gasteiger partial charge in [-0.1, -0.05) is 0 Å². The molecule has 3 nitrogen and oxygen atoms in total. The van der Waals surface area contributed by atoms with Crippen LogP contribution in [0.1, 0.15) is 23.9 Å². The Balaban J connectivity index is 2.67. The molecule has 1 aromatic heterocycles. The van der Waals surface area contributed by atoms with E-state index in [4.69, 9.17) is 0 Å². The molecule has 0 bridgehead atoms. The molecule has 0 fully saturated rings. The first-order valence-electron chi connectivity index (χ1n) is 5.92. The van der Waals surface area contributed by atoms with Crippen LogP contribution in [-0.4, -0.2) is 37.1 Å². The Bertz CT molecular complexity index is 338. The van der Waals surface area contributed by atoms with Gasteiger partial charge in [0.25, 0.3) is 0 Å². The van der Waals surface area contributed by atoms with Crippen LogP contribution in [0, 0.1) is 6.92 Å². The van der Waals surface area contributed by atoms with Gasteiger partial charge in [0.2, 0.25) is 0 Å². The molecule has 0 aliphatic heterocycles. The molecule has 1 aromatic rings. The zero-order valence-electron chi connectivity index (χ0n) is 11.4. The topological polar surface area (TPSA) is 28.2 Å². The molecule has 0 saturated heterocycles. The summed E-state index contributed by atoms with van der Waals surface area (Å²) in [4.78, 5) is 8.29. The minimum Gasteiger partial charge on any atom is -0.348 e. The van der Waals surface area contributed by atoms with E-state index in [9.17, 15) is 0 Å². The van der Waals surface area contributed by atoms with Gasteiger partial charge >= 0.3 is 0 Å². The number of thioether (sulfide) groups is 1. The van der Waals surface area contributed by atoms with Crippen molar-refractivity contribution >= 4 is 28.2 Å². The van der Waals surface area contributed by atoms with Crippen molar-refractivity contribution in [3.8, 4) is 0 Å². The quantitative estimate of drug-likeness (QED) is 0.827. The number of aryl methyl sites for hydroxylation is 1. The number of aromatic nitrogens is 1. The van der Waals surface area contributed by atoms with Gasteiger partial charge in [0.05, 0.1) is 5.69 Å². The lowest BCUT2D eigenvalue weighted by Gasteiger charge is -2.23. The summed E-state index contributed by atoms with van der Waals surface area (Å²) in [5.74, 6) is 1.21. The fraction of sp³-hybridized carbons (Fsp3) is 0.750. The Labute approximate surface area is 113 Å². The van der Waals surface area contributed by atoms with Crippen LogP contribution in [0.4, 0.5) is 5.13 Å². The molecule has 1 rings (SSSR count). The van der Waals surface area contributed by atoms with Gasteiger partial charge in [-0.05, 0) is 39.3 Å². The molecule has 1 unspecified atom stereocenters. The highest BCUT2D eigenvalue weighted by atomic mass is 32.2. The molecule has 0 radical (unpaired) electrons. The maximum atomic E-state index is 4.66. The zero-order valence-corrected chi connectivity index (χ0v) is 13.0. The molecule has 0 aromatic carbocycles. The number of nitrogens with zero attached hydrogens (tertiary/aromatic N) is 2. The molecular formula is C12H23N3S2. The lowest BCUT2D eigenvalue weighted by molar-refractivity contribution is 0.667. The van der Waals surface area contributed by atoms with E-state index in [1.807, 2.05) is 18.8 Å². The fourth-order valence-corrected chi connectivity index (χ4v) is 3.27. The van der Waals surface area contributed by atoms with Crippen molar-refractivity contribution in [2.24, 2.45) is 0 Å². The summed E-state index contributed by atoms with van der Waals surface area (Å²) in [6, 6.07) is 0.551. The predicted molar refractivity (Wildman–Crippen MR) is 80.5 cm³/mol. The van der Waals surface area contributed by atoms with Crippen molar-refractivity contribution in [3.63, 3.8) is 0 Å². The molecule has 1 N–H and O–H groups in total. The molecule has 17 heavy (non-hydrogen) atoms. The van der Waals surface area contributed by atoms with E-state index < -0.39 is 0 Å². The first kappa shape index (κ1) is 14.8. The maximum absolute atomic E-state index is 4.66. The number of thiazole rings is 1. The summed E-state index contributed by atoms with van der Waals surface area (Å²) >= 11 is 3.70. The Morgan fingerprint density at radius 3 is 2.82 bits per heavy atom. The van der Waals surface area contributed by atoms with Gasteiger partial charge in [-0.25, -0.2) is 4.98 Å². The van der Waals surface area contributed by atoms with Crippen LogP contribution in [0.3, 0.4) is 0 Å². The molecule has 5 heteroatoms. The van der Waals surface area contributed by atoms with Gasteiger partial charge in [-0.2, -0.15) is 11.8 Å². The molecule has 0 amide bonds. The maximum Gasteiger partial charge on any atom is 0.185 e. The van der Waals surface area contributed by atoms with Crippen LogP contribution in [-0.2, 0) is 6.54 Å². The van der Waals surface area contributed by atoms with Gasteiger partial charge in [0.1, 0.15) is 0 Å². The van der Waals surface area contributed by atoms with Crippen LogP contribution < -0.4 is 10.2 Å². The van der Waals surface area contributed by atoms with E-state index in [0.717, 1.165) is 17.4 Å². The van der Waals surface area contributed by atoms with E-state index in [-0.39, 0.29) is 0 Å². The minimum atomic E-state index is 0.551. The van der Waals surface area contributed by atoms with Crippen LogP contribution in [0.15, 0.2) is 0 Å². The van der Waals surface area contributed by atoms with Gasteiger partial charge in [-0.15, -0.1) is 11.3 Å². The van der Waals surface area contributed by atoms with E-state index in [2.05, 4.69) is 42.4 Å². The summed E-state index contributed by atoms with van der Waals surface area (Å²) in [6.45, 7) is 5.27. The van der Waals surface area contributed by atoms with Crippen molar-refractivity contribution in [2.45, 2.75) is 32.9 Å². The van der Waals surface area contributed by atoms with Crippen molar-refractivity contribution in [3.05, 3.63) is 10.6 Å². The van der Waals surface area contributed by atoms with Gasteiger partial charge < -0.3 is 10.2 Å². The monoisotopic (exact) mass is 273 g/mol. The summed E-state index contributed by atoms with van der Waals surface area (Å²) in [7, 11) is 4.12. The molecule has 1 heterocycles. The normalized spacial score (nSPS) is 12.8. The second-order valence-electron chi connectivity index (χ2n) is 4.28. The van der Waals surface area contributed by atoms with E-state index in [1.165, 1.54) is 17.1 Å². The second kappa shape index (κ2) is 7.24. The lowest BCUT2D eigenvalue weighted by atomic mass is 10.2. The van der Waals surface area contributed by atoms with E-state index in [1.54, 1.807) is 11.3 Å². The number of hydrogen-bond acceptors (Lipinski definition) is 5. The Morgan fingerprint density at radius 2 is 2.24 bits per heavy atom. The number of hydrogen-bond donors (Lipinski definition) is 1. The van der Waals surface area contributed by atoms with Crippen molar-refractivity contribution in [2.75, 3.05) is 31.0 Å². The Kier molecular flexibility index (Phi) is 6.30. The van der Waals surface area contributed by atoms with E-state index >= 15 is 0 Å². The Hall–Kier alpha value is -0.260. The highest BCUT2D eigenvalue weighted by Gasteiger charge is 2.15. The molecular weight excluding hydrogens is 250 g/mol. The average molecular weight is 273 g/mol. The van der Waals surface area contributed by atoms with Gasteiger partial charge in [0, 0.05) is 24.5 Å². The average Bonchev–Trinajstić information content (AvgIpc) is 2.67. The Morgan fingerprint density at radius 1 is 1.53 bits per heavy atom. The molecule has 0 aliphatic carbocycles. The van der Waals surface area contributed by atoms with Crippen LogP contribution >= 0.6 is 23.1 Å². The van der Waals surface area contributed by atoms with Crippen molar-refractivity contribution in [1.82, 2.24) is 10.3 Å². The molecule has 0 spiro atoms. The van der Waals surface area contributed by atoms with Crippen LogP contribution in [0.5, 0.6) is 0 Å².